The first-order valence-electron chi connectivity index (χ1n) is 9.89. The zero-order chi connectivity index (χ0) is 21.7. The molecule has 1 aromatic carbocycles. The molecule has 0 aromatic heterocycles. The van der Waals surface area contributed by atoms with E-state index in [1.165, 1.54) is 18.1 Å². The fourth-order valence-corrected chi connectivity index (χ4v) is 3.76. The van der Waals surface area contributed by atoms with Crippen LogP contribution in [0.3, 0.4) is 0 Å². The van der Waals surface area contributed by atoms with Crippen molar-refractivity contribution >= 4 is 23.7 Å². The van der Waals surface area contributed by atoms with Gasteiger partial charge in [0.1, 0.15) is 6.61 Å². The lowest BCUT2D eigenvalue weighted by Crippen LogP contribution is -2.42. The first kappa shape index (κ1) is 21.5. The van der Waals surface area contributed by atoms with Gasteiger partial charge in [-0.1, -0.05) is 12.7 Å². The number of carboxylic acid groups (broad SMARTS) is 1. The molecular formula is C21H26N2O7. The third-order valence-corrected chi connectivity index (χ3v) is 5.17. The van der Waals surface area contributed by atoms with Gasteiger partial charge in [0.15, 0.2) is 11.5 Å². The van der Waals surface area contributed by atoms with Gasteiger partial charge in [0.2, 0.25) is 0 Å². The van der Waals surface area contributed by atoms with Crippen molar-refractivity contribution in [3.63, 3.8) is 0 Å². The number of carbonyl (C=O) groups is 3. The molecule has 0 spiro atoms. The summed E-state index contributed by atoms with van der Waals surface area (Å²) < 4.78 is 16.4. The monoisotopic (exact) mass is 418 g/mol. The van der Waals surface area contributed by atoms with Crippen LogP contribution in [0.5, 0.6) is 11.5 Å². The Bertz CT molecular complexity index is 839. The van der Waals surface area contributed by atoms with Gasteiger partial charge in [0.25, 0.3) is 5.91 Å². The molecule has 9 nitrogen and oxygen atoms in total. The number of benzene rings is 1. The highest BCUT2D eigenvalue weighted by Gasteiger charge is 2.39. The summed E-state index contributed by atoms with van der Waals surface area (Å²) in [5.41, 5.74) is 0.724. The molecule has 0 saturated carbocycles. The lowest BCUT2D eigenvalue weighted by Gasteiger charge is -2.25. The highest BCUT2D eigenvalue weighted by Crippen LogP contribution is 2.39. The van der Waals surface area contributed by atoms with Gasteiger partial charge >= 0.3 is 12.1 Å². The molecule has 9 heteroatoms. The van der Waals surface area contributed by atoms with Crippen molar-refractivity contribution in [1.82, 2.24) is 4.90 Å². The van der Waals surface area contributed by atoms with Gasteiger partial charge in [-0.15, -0.1) is 0 Å². The normalized spacial score (nSPS) is 17.6. The molecule has 0 radical (unpaired) electrons. The second-order valence-corrected chi connectivity index (χ2v) is 7.14. The van der Waals surface area contributed by atoms with Crippen molar-refractivity contribution in [3.8, 4) is 11.5 Å². The Morgan fingerprint density at radius 2 is 2.13 bits per heavy atom. The van der Waals surface area contributed by atoms with E-state index in [4.69, 9.17) is 19.3 Å². The second kappa shape index (κ2) is 9.51. The van der Waals surface area contributed by atoms with Crippen LogP contribution in [0, 0.1) is 0 Å². The average Bonchev–Trinajstić information content (AvgIpc) is 3.16. The zero-order valence-corrected chi connectivity index (χ0v) is 17.0. The van der Waals surface area contributed by atoms with Crippen LogP contribution in [0.2, 0.25) is 0 Å². The molecule has 2 heterocycles. The quantitative estimate of drug-likeness (QED) is 0.511. The molecule has 1 unspecified atom stereocenters. The predicted molar refractivity (Wildman–Crippen MR) is 108 cm³/mol. The van der Waals surface area contributed by atoms with Crippen molar-refractivity contribution in [1.29, 1.82) is 0 Å². The first-order chi connectivity index (χ1) is 14.5. The summed E-state index contributed by atoms with van der Waals surface area (Å²) in [6.07, 6.45) is 2.88. The van der Waals surface area contributed by atoms with E-state index < -0.39 is 12.1 Å². The number of rotatable bonds is 8. The molecule has 1 saturated heterocycles. The SMILES string of the molecule is C=CCOC(=O)N1CC2CCCN2C(=O)c2cc(OC)c(OCCCC(=O)O)cc21. The number of anilines is 1. The van der Waals surface area contributed by atoms with E-state index in [0.717, 1.165) is 12.8 Å². The number of aliphatic carboxylic acids is 1. The number of nitrogens with zero attached hydrogens (tertiary/aromatic N) is 2. The van der Waals surface area contributed by atoms with E-state index in [-0.39, 0.29) is 31.6 Å². The molecule has 2 aliphatic rings. The molecule has 2 aliphatic heterocycles. The third-order valence-electron chi connectivity index (χ3n) is 5.17. The summed E-state index contributed by atoms with van der Waals surface area (Å²) in [6.45, 7) is 4.73. The molecule has 162 valence electrons. The number of hydrogen-bond acceptors (Lipinski definition) is 6. The van der Waals surface area contributed by atoms with Crippen LogP contribution in [-0.2, 0) is 9.53 Å². The lowest BCUT2D eigenvalue weighted by molar-refractivity contribution is -0.137. The number of ether oxygens (including phenoxy) is 3. The highest BCUT2D eigenvalue weighted by molar-refractivity contribution is 6.05. The molecule has 1 fully saturated rings. The molecule has 30 heavy (non-hydrogen) atoms. The topological polar surface area (TPSA) is 106 Å². The maximum Gasteiger partial charge on any atom is 0.414 e. The fraction of sp³-hybridized carbons (Fsp3) is 0.476. The van der Waals surface area contributed by atoms with Crippen LogP contribution in [0.25, 0.3) is 0 Å². The van der Waals surface area contributed by atoms with E-state index >= 15 is 0 Å². The van der Waals surface area contributed by atoms with Crippen LogP contribution in [0.1, 0.15) is 36.0 Å². The van der Waals surface area contributed by atoms with E-state index in [2.05, 4.69) is 6.58 Å². The fourth-order valence-electron chi connectivity index (χ4n) is 3.76. The summed E-state index contributed by atoms with van der Waals surface area (Å²) >= 11 is 0. The van der Waals surface area contributed by atoms with Crippen molar-refractivity contribution in [2.24, 2.45) is 0 Å². The van der Waals surface area contributed by atoms with Crippen LogP contribution in [-0.4, -0.2) is 67.4 Å². The van der Waals surface area contributed by atoms with Gasteiger partial charge in [-0.25, -0.2) is 4.79 Å². The maximum atomic E-state index is 13.2. The van der Waals surface area contributed by atoms with Gasteiger partial charge in [-0.2, -0.15) is 0 Å². The highest BCUT2D eigenvalue weighted by atomic mass is 16.6. The maximum absolute atomic E-state index is 13.2. The van der Waals surface area contributed by atoms with E-state index in [1.807, 2.05) is 0 Å². The molecule has 1 aromatic rings. The largest absolute Gasteiger partial charge is 0.493 e. The molecule has 1 atom stereocenters. The smallest absolute Gasteiger partial charge is 0.414 e. The predicted octanol–water partition coefficient (Wildman–Crippen LogP) is 2.69. The van der Waals surface area contributed by atoms with E-state index in [1.54, 1.807) is 17.0 Å². The van der Waals surface area contributed by atoms with Gasteiger partial charge in [0, 0.05) is 25.6 Å². The number of carboxylic acids is 1. The van der Waals surface area contributed by atoms with E-state index in [0.29, 0.717) is 42.3 Å². The number of carbonyl (C=O) groups excluding carboxylic acids is 2. The summed E-state index contributed by atoms with van der Waals surface area (Å²) in [4.78, 5) is 39.9. The molecule has 2 amide bonds. The summed E-state index contributed by atoms with van der Waals surface area (Å²) in [5, 5.41) is 8.79. The Morgan fingerprint density at radius 1 is 1.33 bits per heavy atom. The Kier molecular flexibility index (Phi) is 6.81. The number of hydrogen-bond donors (Lipinski definition) is 1. The average molecular weight is 418 g/mol. The Morgan fingerprint density at radius 3 is 2.83 bits per heavy atom. The summed E-state index contributed by atoms with van der Waals surface area (Å²) in [5.74, 6) is -0.399. The minimum Gasteiger partial charge on any atom is -0.493 e. The van der Waals surface area contributed by atoms with Crippen molar-refractivity contribution in [3.05, 3.63) is 30.4 Å². The molecule has 1 N–H and O–H groups in total. The van der Waals surface area contributed by atoms with Crippen molar-refractivity contribution < 1.29 is 33.7 Å². The summed E-state index contributed by atoms with van der Waals surface area (Å²) in [7, 11) is 1.46. The Labute approximate surface area is 174 Å². The standard InChI is InChI=1S/C21H26N2O7/c1-3-9-30-21(27)23-13-14-6-4-8-22(14)20(26)15-11-17(28-2)18(12-16(15)23)29-10-5-7-19(24)25/h3,11-12,14H,1,4-10,13H2,2H3,(H,24,25). The van der Waals surface area contributed by atoms with Crippen molar-refractivity contribution in [2.45, 2.75) is 31.7 Å². The van der Waals surface area contributed by atoms with Crippen LogP contribution >= 0.6 is 0 Å². The van der Waals surface area contributed by atoms with Crippen LogP contribution < -0.4 is 14.4 Å². The van der Waals surface area contributed by atoms with E-state index in [9.17, 15) is 14.4 Å². The molecule has 0 aliphatic carbocycles. The number of fused-ring (bicyclic) bond motifs is 2. The number of methoxy groups -OCH3 is 1. The van der Waals surface area contributed by atoms with Gasteiger partial charge < -0.3 is 24.2 Å². The first-order valence-corrected chi connectivity index (χ1v) is 9.89. The lowest BCUT2D eigenvalue weighted by atomic mass is 10.1. The molecule has 0 bridgehead atoms. The number of amides is 2. The Hall–Kier alpha value is -3.23. The molecule has 3 rings (SSSR count). The molecular weight excluding hydrogens is 392 g/mol. The third kappa shape index (κ3) is 4.50. The minimum atomic E-state index is -0.908. The zero-order valence-electron chi connectivity index (χ0n) is 17.0. The second-order valence-electron chi connectivity index (χ2n) is 7.14. The summed E-state index contributed by atoms with van der Waals surface area (Å²) in [6, 6.07) is 3.06. The Balaban J connectivity index is 1.97. The van der Waals surface area contributed by atoms with Gasteiger partial charge in [-0.3, -0.25) is 14.5 Å². The van der Waals surface area contributed by atoms with Crippen molar-refractivity contribution in [2.75, 3.05) is 38.3 Å². The minimum absolute atomic E-state index is 0.0254. The van der Waals surface area contributed by atoms with Gasteiger partial charge in [0.05, 0.1) is 31.0 Å². The van der Waals surface area contributed by atoms with Crippen LogP contribution in [0.15, 0.2) is 24.8 Å². The van der Waals surface area contributed by atoms with Gasteiger partial charge in [-0.05, 0) is 25.3 Å². The van der Waals surface area contributed by atoms with Crippen LogP contribution in [0.4, 0.5) is 10.5 Å².